The van der Waals surface area contributed by atoms with Crippen molar-refractivity contribution in [1.29, 1.82) is 0 Å². The van der Waals surface area contributed by atoms with Crippen LogP contribution in [0.3, 0.4) is 0 Å². The number of aliphatic imine (C=N–C) groups is 1. The van der Waals surface area contributed by atoms with Crippen LogP contribution in [0.1, 0.15) is 43.2 Å². The Kier molecular flexibility index (Phi) is 6.71. The molecule has 1 aromatic carbocycles. The van der Waals surface area contributed by atoms with Crippen molar-refractivity contribution in [3.05, 3.63) is 29.3 Å². The van der Waals surface area contributed by atoms with Crippen molar-refractivity contribution >= 4 is 35.6 Å². The Bertz CT molecular complexity index is 526. The first-order valence-electron chi connectivity index (χ1n) is 8.53. The fourth-order valence-electron chi connectivity index (χ4n) is 3.67. The third kappa shape index (κ3) is 5.08. The van der Waals surface area contributed by atoms with Crippen LogP contribution in [0.25, 0.3) is 0 Å². The largest absolute Gasteiger partial charge is 0.370 e. The van der Waals surface area contributed by atoms with E-state index in [2.05, 4.69) is 47.3 Å². The molecule has 0 spiro atoms. The van der Waals surface area contributed by atoms with Gasteiger partial charge in [0.1, 0.15) is 0 Å². The fourth-order valence-corrected chi connectivity index (χ4v) is 3.67. The molecule has 0 aromatic heterocycles. The molecule has 23 heavy (non-hydrogen) atoms. The van der Waals surface area contributed by atoms with Gasteiger partial charge in [0.05, 0.1) is 6.04 Å². The first kappa shape index (κ1) is 18.5. The lowest BCUT2D eigenvalue weighted by molar-refractivity contribution is 0.0912. The number of benzene rings is 1. The second kappa shape index (κ2) is 8.33. The number of nitrogens with two attached hydrogens (primary N) is 1. The van der Waals surface area contributed by atoms with Gasteiger partial charge in [-0.25, -0.2) is 4.99 Å². The van der Waals surface area contributed by atoms with Crippen LogP contribution in [0.4, 0.5) is 5.69 Å². The van der Waals surface area contributed by atoms with E-state index < -0.39 is 0 Å². The SMILES string of the molecule is Cc1cc(C)cc(NC(N)=NC2CC(N3CCCCC3)C2)c1.I. The van der Waals surface area contributed by atoms with E-state index in [-0.39, 0.29) is 24.0 Å². The highest BCUT2D eigenvalue weighted by atomic mass is 127. The molecule has 1 heterocycles. The van der Waals surface area contributed by atoms with Crippen molar-refractivity contribution in [3.63, 3.8) is 0 Å². The summed E-state index contributed by atoms with van der Waals surface area (Å²) >= 11 is 0. The lowest BCUT2D eigenvalue weighted by Gasteiger charge is -2.43. The van der Waals surface area contributed by atoms with Crippen molar-refractivity contribution in [2.45, 2.75) is 58.0 Å². The maximum absolute atomic E-state index is 6.07. The molecule has 1 saturated heterocycles. The normalized spacial score (nSPS) is 25.4. The molecule has 0 unspecified atom stereocenters. The average Bonchev–Trinajstić information content (AvgIpc) is 2.42. The number of halogens is 1. The molecule has 2 fully saturated rings. The van der Waals surface area contributed by atoms with E-state index in [1.165, 1.54) is 43.5 Å². The van der Waals surface area contributed by atoms with Crippen LogP contribution >= 0.6 is 24.0 Å². The summed E-state index contributed by atoms with van der Waals surface area (Å²) < 4.78 is 0. The summed E-state index contributed by atoms with van der Waals surface area (Å²) in [6.45, 7) is 6.75. The standard InChI is InChI=1S/C18H28N4.HI/c1-13-8-14(2)10-15(9-13)20-18(19)21-16-11-17(12-16)22-6-4-3-5-7-22;/h8-10,16-17H,3-7,11-12H2,1-2H3,(H3,19,20,21);1H. The molecule has 1 aliphatic heterocycles. The first-order chi connectivity index (χ1) is 10.6. The van der Waals surface area contributed by atoms with Gasteiger partial charge in [-0.05, 0) is 75.9 Å². The Morgan fingerprint density at radius 3 is 2.30 bits per heavy atom. The third-order valence-corrected chi connectivity index (χ3v) is 4.81. The number of hydrogen-bond donors (Lipinski definition) is 2. The lowest BCUT2D eigenvalue weighted by Crippen LogP contribution is -2.49. The number of piperidine rings is 1. The fraction of sp³-hybridized carbons (Fsp3) is 0.611. The molecule has 3 N–H and O–H groups in total. The Morgan fingerprint density at radius 1 is 1.09 bits per heavy atom. The number of hydrogen-bond acceptors (Lipinski definition) is 2. The molecular formula is C18H29IN4. The molecule has 0 bridgehead atoms. The Hall–Kier alpha value is -0.820. The van der Waals surface area contributed by atoms with Gasteiger partial charge in [-0.3, -0.25) is 0 Å². The van der Waals surface area contributed by atoms with Gasteiger partial charge < -0.3 is 16.0 Å². The number of nitrogens with zero attached hydrogens (tertiary/aromatic N) is 2. The van der Waals surface area contributed by atoms with Crippen LogP contribution in [-0.4, -0.2) is 36.0 Å². The molecule has 128 valence electrons. The van der Waals surface area contributed by atoms with Crippen molar-refractivity contribution in [2.75, 3.05) is 18.4 Å². The number of nitrogens with one attached hydrogen (secondary N) is 1. The molecule has 2 aliphatic rings. The van der Waals surface area contributed by atoms with E-state index in [0.717, 1.165) is 24.6 Å². The Morgan fingerprint density at radius 2 is 1.70 bits per heavy atom. The van der Waals surface area contributed by atoms with Gasteiger partial charge in [-0.2, -0.15) is 0 Å². The predicted octanol–water partition coefficient (Wildman–Crippen LogP) is 3.66. The Balaban J connectivity index is 0.00000192. The summed E-state index contributed by atoms with van der Waals surface area (Å²) in [4.78, 5) is 7.28. The van der Waals surface area contributed by atoms with E-state index in [4.69, 9.17) is 5.73 Å². The van der Waals surface area contributed by atoms with Gasteiger partial charge in [0.15, 0.2) is 5.96 Å². The Labute approximate surface area is 156 Å². The van der Waals surface area contributed by atoms with Crippen molar-refractivity contribution in [2.24, 2.45) is 10.7 Å². The van der Waals surface area contributed by atoms with Crippen LogP contribution in [0.5, 0.6) is 0 Å². The lowest BCUT2D eigenvalue weighted by atomic mass is 9.85. The molecule has 1 saturated carbocycles. The van der Waals surface area contributed by atoms with Crippen LogP contribution in [-0.2, 0) is 0 Å². The van der Waals surface area contributed by atoms with Crippen molar-refractivity contribution < 1.29 is 0 Å². The van der Waals surface area contributed by atoms with E-state index in [9.17, 15) is 0 Å². The second-order valence-corrected chi connectivity index (χ2v) is 6.89. The van der Waals surface area contributed by atoms with Gasteiger partial charge in [0.25, 0.3) is 0 Å². The van der Waals surface area contributed by atoms with Gasteiger partial charge in [0, 0.05) is 11.7 Å². The zero-order chi connectivity index (χ0) is 15.5. The minimum atomic E-state index is 0. The van der Waals surface area contributed by atoms with Gasteiger partial charge in [-0.15, -0.1) is 24.0 Å². The summed E-state index contributed by atoms with van der Waals surface area (Å²) in [6, 6.07) is 7.50. The van der Waals surface area contributed by atoms with Gasteiger partial charge >= 0.3 is 0 Å². The van der Waals surface area contributed by atoms with Crippen LogP contribution in [0.2, 0.25) is 0 Å². The van der Waals surface area contributed by atoms with E-state index in [1.807, 2.05) is 0 Å². The summed E-state index contributed by atoms with van der Waals surface area (Å²) in [6.07, 6.45) is 6.45. The number of anilines is 1. The highest BCUT2D eigenvalue weighted by Gasteiger charge is 2.33. The van der Waals surface area contributed by atoms with E-state index >= 15 is 0 Å². The zero-order valence-electron chi connectivity index (χ0n) is 14.2. The van der Waals surface area contributed by atoms with E-state index in [0.29, 0.717) is 12.0 Å². The summed E-state index contributed by atoms with van der Waals surface area (Å²) in [7, 11) is 0. The number of rotatable bonds is 3. The maximum atomic E-state index is 6.07. The highest BCUT2D eigenvalue weighted by molar-refractivity contribution is 14.0. The number of aryl methyl sites for hydroxylation is 2. The molecule has 4 nitrogen and oxygen atoms in total. The second-order valence-electron chi connectivity index (χ2n) is 6.89. The summed E-state index contributed by atoms with van der Waals surface area (Å²) in [5, 5.41) is 3.23. The maximum Gasteiger partial charge on any atom is 0.193 e. The van der Waals surface area contributed by atoms with Crippen LogP contribution < -0.4 is 11.1 Å². The van der Waals surface area contributed by atoms with Crippen LogP contribution in [0, 0.1) is 13.8 Å². The summed E-state index contributed by atoms with van der Waals surface area (Å²) in [5.74, 6) is 0.548. The smallest absolute Gasteiger partial charge is 0.193 e. The van der Waals surface area contributed by atoms with Gasteiger partial charge in [0.2, 0.25) is 0 Å². The van der Waals surface area contributed by atoms with Crippen LogP contribution in [0.15, 0.2) is 23.2 Å². The minimum Gasteiger partial charge on any atom is -0.370 e. The molecule has 0 amide bonds. The topological polar surface area (TPSA) is 53.6 Å². The molecule has 3 rings (SSSR count). The number of guanidine groups is 1. The molecule has 0 atom stereocenters. The van der Waals surface area contributed by atoms with E-state index in [1.54, 1.807) is 0 Å². The quantitative estimate of drug-likeness (QED) is 0.439. The zero-order valence-corrected chi connectivity index (χ0v) is 16.5. The molecule has 5 heteroatoms. The molecule has 0 radical (unpaired) electrons. The average molecular weight is 428 g/mol. The number of likely N-dealkylation sites (tertiary alicyclic amines) is 1. The predicted molar refractivity (Wildman–Crippen MR) is 109 cm³/mol. The summed E-state index contributed by atoms with van der Waals surface area (Å²) in [5.41, 5.74) is 9.58. The van der Waals surface area contributed by atoms with Gasteiger partial charge in [-0.1, -0.05) is 12.5 Å². The molecule has 1 aliphatic carbocycles. The van der Waals surface area contributed by atoms with Crippen molar-refractivity contribution in [1.82, 2.24) is 4.90 Å². The molecular weight excluding hydrogens is 399 g/mol. The molecule has 1 aromatic rings. The monoisotopic (exact) mass is 428 g/mol. The first-order valence-corrected chi connectivity index (χ1v) is 8.53. The van der Waals surface area contributed by atoms with Crippen molar-refractivity contribution in [3.8, 4) is 0 Å². The minimum absolute atomic E-state index is 0. The highest BCUT2D eigenvalue weighted by Crippen LogP contribution is 2.30. The third-order valence-electron chi connectivity index (χ3n) is 4.81.